The number of rotatable bonds is 5. The second kappa shape index (κ2) is 7.31. The first kappa shape index (κ1) is 14.9. The Labute approximate surface area is 121 Å². The van der Waals surface area contributed by atoms with Gasteiger partial charge in [0.1, 0.15) is 11.8 Å². The van der Waals surface area contributed by atoms with Gasteiger partial charge in [-0.25, -0.2) is 0 Å². The summed E-state index contributed by atoms with van der Waals surface area (Å²) in [6, 6.07) is 7.99. The van der Waals surface area contributed by atoms with Gasteiger partial charge in [0.2, 0.25) is 0 Å². The highest BCUT2D eigenvalue weighted by molar-refractivity contribution is 5.45. The number of nitrogens with zero attached hydrogens (tertiary/aromatic N) is 1. The lowest BCUT2D eigenvalue weighted by molar-refractivity contribution is 0.247. The average Bonchev–Trinajstić information content (AvgIpc) is 2.49. The van der Waals surface area contributed by atoms with E-state index in [1.54, 1.807) is 7.11 Å². The molecule has 0 aromatic heterocycles. The molecule has 3 nitrogen and oxygen atoms in total. The van der Waals surface area contributed by atoms with E-state index in [2.05, 4.69) is 18.3 Å². The Morgan fingerprint density at radius 1 is 1.35 bits per heavy atom. The highest BCUT2D eigenvalue weighted by Gasteiger charge is 2.20. The molecule has 108 valence electrons. The molecule has 1 aromatic carbocycles. The van der Waals surface area contributed by atoms with Crippen molar-refractivity contribution < 1.29 is 4.74 Å². The number of nitriles is 1. The third-order valence-electron chi connectivity index (χ3n) is 4.41. The summed E-state index contributed by atoms with van der Waals surface area (Å²) in [7, 11) is 1.60. The molecule has 0 amide bonds. The van der Waals surface area contributed by atoms with Crippen LogP contribution in [-0.4, -0.2) is 13.7 Å². The highest BCUT2D eigenvalue weighted by Crippen LogP contribution is 2.29. The van der Waals surface area contributed by atoms with E-state index >= 15 is 0 Å². The summed E-state index contributed by atoms with van der Waals surface area (Å²) in [6.07, 6.45) is 5.48. The molecule has 1 fully saturated rings. The molecule has 1 N–H and O–H groups in total. The lowest BCUT2D eigenvalue weighted by atomic mass is 9.80. The summed E-state index contributed by atoms with van der Waals surface area (Å²) >= 11 is 0. The molecule has 0 radical (unpaired) electrons. The molecule has 1 aromatic rings. The van der Waals surface area contributed by atoms with Crippen LogP contribution in [0.2, 0.25) is 0 Å². The van der Waals surface area contributed by atoms with Crippen molar-refractivity contribution in [3.05, 3.63) is 29.3 Å². The zero-order valence-corrected chi connectivity index (χ0v) is 12.5. The Morgan fingerprint density at radius 3 is 2.85 bits per heavy atom. The fraction of sp³-hybridized carbons (Fsp3) is 0.588. The summed E-state index contributed by atoms with van der Waals surface area (Å²) in [5.41, 5.74) is 1.75. The number of hydrogen-bond donors (Lipinski definition) is 1. The Hall–Kier alpha value is -1.53. The highest BCUT2D eigenvalue weighted by atomic mass is 16.5. The van der Waals surface area contributed by atoms with Crippen LogP contribution in [0.5, 0.6) is 5.75 Å². The van der Waals surface area contributed by atoms with E-state index in [0.717, 1.165) is 30.5 Å². The molecule has 2 rings (SSSR count). The van der Waals surface area contributed by atoms with Gasteiger partial charge in [0.05, 0.1) is 12.7 Å². The standard InChI is InChI=1S/C17H24N2O/c1-13-5-3-4-6-15(13)12-19-11-14-7-8-17(20-2)16(9-14)10-18/h7-9,13,15,19H,3-6,11-12H2,1-2H3. The smallest absolute Gasteiger partial charge is 0.136 e. The Morgan fingerprint density at radius 2 is 2.15 bits per heavy atom. The normalized spacial score (nSPS) is 22.2. The van der Waals surface area contributed by atoms with Gasteiger partial charge in [-0.15, -0.1) is 0 Å². The average molecular weight is 272 g/mol. The SMILES string of the molecule is COc1ccc(CNCC2CCCCC2C)cc1C#N. The summed E-state index contributed by atoms with van der Waals surface area (Å²) in [5.74, 6) is 2.29. The van der Waals surface area contributed by atoms with Crippen molar-refractivity contribution in [2.75, 3.05) is 13.7 Å². The van der Waals surface area contributed by atoms with Crippen LogP contribution in [0.1, 0.15) is 43.7 Å². The quantitative estimate of drug-likeness (QED) is 0.892. The van der Waals surface area contributed by atoms with Crippen LogP contribution in [0.3, 0.4) is 0 Å². The predicted molar refractivity (Wildman–Crippen MR) is 80.5 cm³/mol. The van der Waals surface area contributed by atoms with Gasteiger partial charge in [-0.05, 0) is 42.5 Å². The maximum absolute atomic E-state index is 9.09. The van der Waals surface area contributed by atoms with Crippen molar-refractivity contribution in [1.82, 2.24) is 5.32 Å². The molecule has 0 spiro atoms. The van der Waals surface area contributed by atoms with Gasteiger partial charge >= 0.3 is 0 Å². The van der Waals surface area contributed by atoms with E-state index in [0.29, 0.717) is 11.3 Å². The van der Waals surface area contributed by atoms with Crippen molar-refractivity contribution in [2.45, 2.75) is 39.2 Å². The second-order valence-corrected chi connectivity index (χ2v) is 5.80. The van der Waals surface area contributed by atoms with Crippen LogP contribution in [0.4, 0.5) is 0 Å². The van der Waals surface area contributed by atoms with Crippen molar-refractivity contribution in [3.8, 4) is 11.8 Å². The summed E-state index contributed by atoms with van der Waals surface area (Å²) in [6.45, 7) is 4.27. The van der Waals surface area contributed by atoms with Gasteiger partial charge in [0.15, 0.2) is 0 Å². The summed E-state index contributed by atoms with van der Waals surface area (Å²) in [5, 5.41) is 12.6. The first-order valence-electron chi connectivity index (χ1n) is 7.52. The van der Waals surface area contributed by atoms with Crippen LogP contribution in [0.25, 0.3) is 0 Å². The van der Waals surface area contributed by atoms with Crippen molar-refractivity contribution in [1.29, 1.82) is 5.26 Å². The topological polar surface area (TPSA) is 45.0 Å². The third kappa shape index (κ3) is 3.74. The van der Waals surface area contributed by atoms with E-state index in [9.17, 15) is 0 Å². The maximum atomic E-state index is 9.09. The van der Waals surface area contributed by atoms with Crippen LogP contribution in [0.15, 0.2) is 18.2 Å². The Kier molecular flexibility index (Phi) is 5.43. The molecule has 2 unspecified atom stereocenters. The van der Waals surface area contributed by atoms with Gasteiger partial charge in [-0.2, -0.15) is 5.26 Å². The van der Waals surface area contributed by atoms with E-state index in [1.807, 2.05) is 18.2 Å². The lowest BCUT2D eigenvalue weighted by Crippen LogP contribution is -2.29. The predicted octanol–water partition coefficient (Wildman–Crippen LogP) is 3.48. The van der Waals surface area contributed by atoms with E-state index in [4.69, 9.17) is 10.00 Å². The van der Waals surface area contributed by atoms with E-state index < -0.39 is 0 Å². The zero-order valence-electron chi connectivity index (χ0n) is 12.5. The molecule has 0 bridgehead atoms. The Balaban J connectivity index is 1.86. The van der Waals surface area contributed by atoms with Crippen molar-refractivity contribution in [2.24, 2.45) is 11.8 Å². The first-order chi connectivity index (χ1) is 9.74. The largest absolute Gasteiger partial charge is 0.495 e. The fourth-order valence-corrected chi connectivity index (χ4v) is 3.05. The lowest BCUT2D eigenvalue weighted by Gasteiger charge is -2.28. The minimum absolute atomic E-state index is 0.609. The summed E-state index contributed by atoms with van der Waals surface area (Å²) < 4.78 is 5.16. The first-order valence-corrected chi connectivity index (χ1v) is 7.52. The molecular formula is C17H24N2O. The zero-order chi connectivity index (χ0) is 14.4. The van der Waals surface area contributed by atoms with E-state index in [1.165, 1.54) is 25.7 Å². The van der Waals surface area contributed by atoms with Crippen LogP contribution < -0.4 is 10.1 Å². The molecule has 0 saturated heterocycles. The number of nitrogens with one attached hydrogen (secondary N) is 1. The van der Waals surface area contributed by atoms with Crippen LogP contribution >= 0.6 is 0 Å². The monoisotopic (exact) mass is 272 g/mol. The number of methoxy groups -OCH3 is 1. The molecule has 1 saturated carbocycles. The molecule has 0 heterocycles. The summed E-state index contributed by atoms with van der Waals surface area (Å²) in [4.78, 5) is 0. The van der Waals surface area contributed by atoms with Crippen LogP contribution in [-0.2, 0) is 6.54 Å². The number of hydrogen-bond acceptors (Lipinski definition) is 3. The van der Waals surface area contributed by atoms with E-state index in [-0.39, 0.29) is 0 Å². The molecule has 1 aliphatic carbocycles. The molecular weight excluding hydrogens is 248 g/mol. The van der Waals surface area contributed by atoms with Gasteiger partial charge in [0.25, 0.3) is 0 Å². The van der Waals surface area contributed by atoms with Gasteiger partial charge < -0.3 is 10.1 Å². The van der Waals surface area contributed by atoms with Crippen molar-refractivity contribution in [3.63, 3.8) is 0 Å². The van der Waals surface area contributed by atoms with Gasteiger partial charge in [0, 0.05) is 6.54 Å². The molecule has 2 atom stereocenters. The minimum atomic E-state index is 0.609. The number of ether oxygens (including phenoxy) is 1. The molecule has 3 heteroatoms. The Bertz CT molecular complexity index is 478. The second-order valence-electron chi connectivity index (χ2n) is 5.80. The maximum Gasteiger partial charge on any atom is 0.136 e. The molecule has 20 heavy (non-hydrogen) atoms. The van der Waals surface area contributed by atoms with Gasteiger partial charge in [-0.3, -0.25) is 0 Å². The molecule has 0 aliphatic heterocycles. The molecule has 1 aliphatic rings. The van der Waals surface area contributed by atoms with Gasteiger partial charge in [-0.1, -0.05) is 32.3 Å². The number of benzene rings is 1. The fourth-order valence-electron chi connectivity index (χ4n) is 3.05. The van der Waals surface area contributed by atoms with Crippen molar-refractivity contribution >= 4 is 0 Å². The minimum Gasteiger partial charge on any atom is -0.495 e. The van der Waals surface area contributed by atoms with Crippen LogP contribution in [0, 0.1) is 23.2 Å². The third-order valence-corrected chi connectivity index (χ3v) is 4.41.